The molecule has 0 unspecified atom stereocenters. The van der Waals surface area contributed by atoms with E-state index in [9.17, 15) is 46.0 Å². The Balaban J connectivity index is 1.55. The van der Waals surface area contributed by atoms with E-state index in [1.54, 1.807) is 0 Å². The average molecular weight is 563 g/mol. The fraction of sp³-hybridized carbons (Fsp3) is 0.200. The highest BCUT2D eigenvalue weighted by Gasteiger charge is 2.46. The molecule has 0 radical (unpaired) electrons. The minimum atomic E-state index is -1.48. The van der Waals surface area contributed by atoms with Crippen molar-refractivity contribution in [3.63, 3.8) is 0 Å². The van der Waals surface area contributed by atoms with Gasteiger partial charge in [-0.1, -0.05) is 18.2 Å². The van der Waals surface area contributed by atoms with E-state index in [-0.39, 0.29) is 63.2 Å². The van der Waals surface area contributed by atoms with Gasteiger partial charge in [0.2, 0.25) is 0 Å². The van der Waals surface area contributed by atoms with E-state index in [1.807, 2.05) is 0 Å². The van der Waals surface area contributed by atoms with Gasteiger partial charge in [-0.05, 0) is 35.4 Å². The Morgan fingerprint density at radius 1 is 0.561 bits per heavy atom. The predicted octanol–water partition coefficient (Wildman–Crippen LogP) is 3.29. The molecule has 11 heteroatoms. The number of fused-ring (bicyclic) bond motifs is 2. The summed E-state index contributed by atoms with van der Waals surface area (Å²) in [5.74, 6) is -3.76. The number of hydrogen-bond acceptors (Lipinski definition) is 11. The smallest absolute Gasteiger partial charge is 0.157 e. The normalized spacial score (nSPS) is 23.1. The van der Waals surface area contributed by atoms with Crippen LogP contribution in [0.3, 0.4) is 0 Å². The quantitative estimate of drug-likeness (QED) is 0.166. The van der Waals surface area contributed by atoms with Gasteiger partial charge in [-0.25, -0.2) is 0 Å². The van der Waals surface area contributed by atoms with E-state index in [1.165, 1.54) is 48.5 Å². The van der Waals surface area contributed by atoms with Crippen LogP contribution in [0.5, 0.6) is 51.7 Å². The average Bonchev–Trinajstić information content (AvgIpc) is 2.92. The van der Waals surface area contributed by atoms with E-state index in [0.717, 1.165) is 12.1 Å². The molecule has 2 heterocycles. The lowest BCUT2D eigenvalue weighted by molar-refractivity contribution is 0.00122. The Kier molecular flexibility index (Phi) is 6.13. The fourth-order valence-corrected chi connectivity index (χ4v) is 5.66. The number of phenols is 7. The summed E-state index contributed by atoms with van der Waals surface area (Å²) in [7, 11) is 0. The molecule has 0 aromatic heterocycles. The van der Waals surface area contributed by atoms with E-state index in [0.29, 0.717) is 5.56 Å². The molecule has 41 heavy (non-hydrogen) atoms. The van der Waals surface area contributed by atoms with Gasteiger partial charge < -0.3 is 55.4 Å². The third-order valence-corrected chi connectivity index (χ3v) is 7.57. The van der Waals surface area contributed by atoms with Crippen molar-refractivity contribution < 1.29 is 55.4 Å². The molecule has 2 aliphatic rings. The van der Waals surface area contributed by atoms with Crippen LogP contribution >= 0.6 is 0 Å². The highest BCUT2D eigenvalue weighted by Crippen LogP contribution is 2.57. The van der Waals surface area contributed by atoms with Crippen LogP contribution in [0.25, 0.3) is 0 Å². The number of aliphatic hydroxyl groups is 2. The van der Waals surface area contributed by atoms with Gasteiger partial charge in [-0.3, -0.25) is 0 Å². The van der Waals surface area contributed by atoms with E-state index >= 15 is 0 Å². The van der Waals surface area contributed by atoms with Crippen molar-refractivity contribution in [3.05, 3.63) is 88.5 Å². The number of aliphatic hydroxyl groups excluding tert-OH is 2. The summed E-state index contributed by atoms with van der Waals surface area (Å²) >= 11 is 0. The largest absolute Gasteiger partial charge is 0.508 e. The molecule has 0 spiro atoms. The maximum absolute atomic E-state index is 11.7. The third kappa shape index (κ3) is 4.31. The van der Waals surface area contributed by atoms with Crippen molar-refractivity contribution in [2.45, 2.75) is 36.8 Å². The van der Waals surface area contributed by atoms with Gasteiger partial charge in [-0.2, -0.15) is 0 Å². The second-order valence-electron chi connectivity index (χ2n) is 10.2. The minimum Gasteiger partial charge on any atom is -0.508 e. The van der Waals surface area contributed by atoms with Crippen LogP contribution in [0, 0.1) is 0 Å². The first-order valence-electron chi connectivity index (χ1n) is 12.7. The summed E-state index contributed by atoms with van der Waals surface area (Å²) in [6.07, 6.45) is -5.05. The molecule has 4 aromatic carbocycles. The van der Waals surface area contributed by atoms with Gasteiger partial charge in [0.1, 0.15) is 52.5 Å². The van der Waals surface area contributed by atoms with Crippen LogP contribution in [-0.4, -0.2) is 58.2 Å². The highest BCUT2D eigenvalue weighted by molar-refractivity contribution is 5.65. The highest BCUT2D eigenvalue weighted by atomic mass is 16.5. The zero-order valence-electron chi connectivity index (χ0n) is 21.2. The molecule has 0 saturated carbocycles. The Morgan fingerprint density at radius 2 is 1.24 bits per heavy atom. The molecule has 9 N–H and O–H groups in total. The number of ether oxygens (including phenoxy) is 2. The second kappa shape index (κ2) is 9.58. The number of benzene rings is 4. The van der Waals surface area contributed by atoms with Crippen molar-refractivity contribution in [1.82, 2.24) is 0 Å². The molecule has 11 nitrogen and oxygen atoms in total. The summed E-state index contributed by atoms with van der Waals surface area (Å²) < 4.78 is 12.2. The molecule has 212 valence electrons. The van der Waals surface area contributed by atoms with Crippen molar-refractivity contribution in [2.24, 2.45) is 0 Å². The summed E-state index contributed by atoms with van der Waals surface area (Å²) in [4.78, 5) is 0. The van der Waals surface area contributed by atoms with Crippen LogP contribution in [0.4, 0.5) is 0 Å². The molecule has 4 aromatic rings. The first-order valence-corrected chi connectivity index (χ1v) is 12.7. The molecular formula is C30H26O11. The van der Waals surface area contributed by atoms with Crippen LogP contribution in [0.2, 0.25) is 0 Å². The van der Waals surface area contributed by atoms with Crippen molar-refractivity contribution in [3.8, 4) is 51.7 Å². The predicted molar refractivity (Wildman–Crippen MR) is 142 cm³/mol. The van der Waals surface area contributed by atoms with Crippen LogP contribution < -0.4 is 9.47 Å². The van der Waals surface area contributed by atoms with Crippen LogP contribution in [-0.2, 0) is 6.42 Å². The maximum Gasteiger partial charge on any atom is 0.157 e. The molecule has 0 aliphatic carbocycles. The minimum absolute atomic E-state index is 0.00736. The van der Waals surface area contributed by atoms with Gasteiger partial charge in [0.25, 0.3) is 0 Å². The summed E-state index contributed by atoms with van der Waals surface area (Å²) in [6, 6.07) is 13.1. The van der Waals surface area contributed by atoms with E-state index < -0.39 is 47.6 Å². The molecular weight excluding hydrogens is 536 g/mol. The number of phenolic OH excluding ortho intramolecular Hbond substituents is 7. The Labute approximate surface area is 232 Å². The summed E-state index contributed by atoms with van der Waals surface area (Å²) in [5.41, 5.74) is 0.857. The third-order valence-electron chi connectivity index (χ3n) is 7.57. The molecule has 6 rings (SSSR count). The van der Waals surface area contributed by atoms with Crippen molar-refractivity contribution in [2.75, 3.05) is 0 Å². The first kappa shape index (κ1) is 26.2. The molecule has 5 atom stereocenters. The van der Waals surface area contributed by atoms with Crippen LogP contribution in [0.1, 0.15) is 45.9 Å². The first-order chi connectivity index (χ1) is 19.5. The van der Waals surface area contributed by atoms with E-state index in [4.69, 9.17) is 9.47 Å². The molecule has 0 amide bonds. The number of rotatable bonds is 3. The number of aromatic hydroxyl groups is 7. The lowest BCUT2D eigenvalue weighted by atomic mass is 9.77. The Morgan fingerprint density at radius 3 is 1.95 bits per heavy atom. The summed E-state index contributed by atoms with van der Waals surface area (Å²) in [5, 5.41) is 95.2. The SMILES string of the molecule is Oc1ccc([C@H]2Oc3cc(O)cc(O)c3[C@@H](c3c(O)cc(O)c4c3O[C@H](c3ccc(O)c(O)c3)[C@@H](O)C4)[C@H]2O)cc1. The molecule has 2 aliphatic heterocycles. The maximum atomic E-state index is 11.7. The zero-order valence-corrected chi connectivity index (χ0v) is 21.2. The van der Waals surface area contributed by atoms with Crippen molar-refractivity contribution in [1.29, 1.82) is 0 Å². The fourth-order valence-electron chi connectivity index (χ4n) is 5.66. The molecule has 0 fully saturated rings. The lowest BCUT2D eigenvalue weighted by Gasteiger charge is -2.40. The van der Waals surface area contributed by atoms with Gasteiger partial charge in [0, 0.05) is 41.3 Å². The monoisotopic (exact) mass is 562 g/mol. The summed E-state index contributed by atoms with van der Waals surface area (Å²) in [6.45, 7) is 0. The zero-order chi connectivity index (χ0) is 29.2. The lowest BCUT2D eigenvalue weighted by Crippen LogP contribution is -2.36. The molecule has 0 saturated heterocycles. The van der Waals surface area contributed by atoms with E-state index in [2.05, 4.69) is 0 Å². The van der Waals surface area contributed by atoms with Gasteiger partial charge in [0.15, 0.2) is 17.6 Å². The van der Waals surface area contributed by atoms with Gasteiger partial charge in [0.05, 0.1) is 12.0 Å². The Bertz CT molecular complexity index is 1650. The van der Waals surface area contributed by atoms with Crippen molar-refractivity contribution >= 4 is 0 Å². The van der Waals surface area contributed by atoms with Crippen LogP contribution in [0.15, 0.2) is 60.7 Å². The number of hydrogen-bond donors (Lipinski definition) is 9. The van der Waals surface area contributed by atoms with Gasteiger partial charge in [-0.15, -0.1) is 0 Å². The molecule has 0 bridgehead atoms. The Hall–Kier alpha value is -5.00. The van der Waals surface area contributed by atoms with Gasteiger partial charge >= 0.3 is 0 Å². The standard InChI is InChI=1S/C30H26O11/c31-14-4-1-12(2-5-14)29-27(39)26(24-20(36)8-15(32)9-23(24)40-29)25-21(37)11-18(34)16-10-22(38)28(41-30(16)25)13-3-6-17(33)19(35)7-13/h1-9,11,22,26-29,31-39H,10H2/t22-,26-,27+,28+,29+/m0/s1. The second-order valence-corrected chi connectivity index (χ2v) is 10.2. The topological polar surface area (TPSA) is 201 Å².